The maximum Gasteiger partial charge on any atom is 0.0375 e. The lowest BCUT2D eigenvalue weighted by atomic mass is 9.92. The Labute approximate surface area is 99.5 Å². The van der Waals surface area contributed by atoms with Gasteiger partial charge in [0.25, 0.3) is 0 Å². The van der Waals surface area contributed by atoms with E-state index in [1.165, 1.54) is 18.4 Å². The summed E-state index contributed by atoms with van der Waals surface area (Å²) in [4.78, 5) is 4.26. The summed E-state index contributed by atoms with van der Waals surface area (Å²) in [5.74, 6) is 0.661. The maximum atomic E-state index is 4.26. The van der Waals surface area contributed by atoms with Crippen LogP contribution in [0, 0.1) is 12.8 Å². The third-order valence-corrected chi connectivity index (χ3v) is 3.11. The monoisotopic (exact) mass is 220 g/mol. The van der Waals surface area contributed by atoms with Crippen molar-refractivity contribution >= 4 is 0 Å². The minimum atomic E-state index is 0.464. The van der Waals surface area contributed by atoms with Crippen molar-refractivity contribution in [2.45, 2.75) is 46.6 Å². The van der Waals surface area contributed by atoms with Crippen LogP contribution in [0.2, 0.25) is 0 Å². The van der Waals surface area contributed by atoms with Crippen LogP contribution in [-0.4, -0.2) is 11.5 Å². The first kappa shape index (κ1) is 13.2. The van der Waals surface area contributed by atoms with E-state index in [2.05, 4.69) is 50.1 Å². The molecule has 0 aliphatic carbocycles. The predicted molar refractivity (Wildman–Crippen MR) is 69.5 cm³/mol. The summed E-state index contributed by atoms with van der Waals surface area (Å²) >= 11 is 0. The number of rotatable bonds is 6. The molecule has 90 valence electrons. The Morgan fingerprint density at radius 1 is 1.38 bits per heavy atom. The molecule has 0 aromatic carbocycles. The first-order valence-corrected chi connectivity index (χ1v) is 6.35. The van der Waals surface area contributed by atoms with Crippen LogP contribution >= 0.6 is 0 Å². The van der Waals surface area contributed by atoms with Gasteiger partial charge >= 0.3 is 0 Å². The number of hydrogen-bond donors (Lipinski definition) is 1. The lowest BCUT2D eigenvalue weighted by Crippen LogP contribution is -2.27. The number of aryl methyl sites for hydroxylation is 1. The molecule has 0 aliphatic rings. The molecule has 0 spiro atoms. The Balaban J connectivity index is 2.82. The zero-order valence-corrected chi connectivity index (χ0v) is 11.0. The maximum absolute atomic E-state index is 4.26. The topological polar surface area (TPSA) is 24.9 Å². The first-order chi connectivity index (χ1) is 7.69. The van der Waals surface area contributed by atoms with E-state index in [0.29, 0.717) is 12.0 Å². The Morgan fingerprint density at radius 2 is 2.12 bits per heavy atom. The van der Waals surface area contributed by atoms with Crippen LogP contribution in [0.3, 0.4) is 0 Å². The molecule has 1 heterocycles. The SMILES string of the molecule is CCCNC(c1ccnc(C)c1)C(C)CC. The Kier molecular flexibility index (Phi) is 5.47. The van der Waals surface area contributed by atoms with Crippen molar-refractivity contribution in [2.75, 3.05) is 6.54 Å². The zero-order chi connectivity index (χ0) is 12.0. The van der Waals surface area contributed by atoms with Crippen molar-refractivity contribution in [1.29, 1.82) is 0 Å². The third kappa shape index (κ3) is 3.60. The average molecular weight is 220 g/mol. The third-order valence-electron chi connectivity index (χ3n) is 3.11. The Bertz CT molecular complexity index is 309. The highest BCUT2D eigenvalue weighted by molar-refractivity contribution is 5.20. The summed E-state index contributed by atoms with van der Waals surface area (Å²) in [6.45, 7) is 9.90. The van der Waals surface area contributed by atoms with Gasteiger partial charge in [-0.1, -0.05) is 27.2 Å². The Morgan fingerprint density at radius 3 is 2.69 bits per heavy atom. The van der Waals surface area contributed by atoms with Crippen LogP contribution in [0.25, 0.3) is 0 Å². The van der Waals surface area contributed by atoms with Gasteiger partial charge in [-0.05, 0) is 43.5 Å². The van der Waals surface area contributed by atoms with Gasteiger partial charge in [0.2, 0.25) is 0 Å². The minimum absolute atomic E-state index is 0.464. The molecule has 2 heteroatoms. The summed E-state index contributed by atoms with van der Waals surface area (Å²) in [7, 11) is 0. The smallest absolute Gasteiger partial charge is 0.0375 e. The van der Waals surface area contributed by atoms with Gasteiger partial charge in [-0.3, -0.25) is 4.98 Å². The molecule has 2 nitrogen and oxygen atoms in total. The molecule has 1 aromatic heterocycles. The van der Waals surface area contributed by atoms with E-state index in [9.17, 15) is 0 Å². The summed E-state index contributed by atoms with van der Waals surface area (Å²) < 4.78 is 0. The zero-order valence-electron chi connectivity index (χ0n) is 11.0. The van der Waals surface area contributed by atoms with E-state index in [1.54, 1.807) is 0 Å². The molecule has 1 aromatic rings. The second kappa shape index (κ2) is 6.64. The molecule has 0 bridgehead atoms. The quantitative estimate of drug-likeness (QED) is 0.794. The standard InChI is InChI=1S/C14H24N2/c1-5-8-16-14(11(3)6-2)13-7-9-15-12(4)10-13/h7,9-11,14,16H,5-6,8H2,1-4H3. The van der Waals surface area contributed by atoms with Crippen LogP contribution in [0.5, 0.6) is 0 Å². The van der Waals surface area contributed by atoms with Crippen molar-refractivity contribution in [1.82, 2.24) is 10.3 Å². The molecule has 0 aliphatic heterocycles. The molecule has 2 atom stereocenters. The normalized spacial score (nSPS) is 14.8. The summed E-state index contributed by atoms with van der Waals surface area (Å²) in [6.07, 6.45) is 4.29. The van der Waals surface area contributed by atoms with Gasteiger partial charge in [0, 0.05) is 17.9 Å². The highest BCUT2D eigenvalue weighted by atomic mass is 14.9. The fraction of sp³-hybridized carbons (Fsp3) is 0.643. The predicted octanol–water partition coefficient (Wildman–Crippen LogP) is 3.48. The summed E-state index contributed by atoms with van der Waals surface area (Å²) in [5, 5.41) is 3.64. The Hall–Kier alpha value is -0.890. The van der Waals surface area contributed by atoms with Crippen LogP contribution in [0.4, 0.5) is 0 Å². The van der Waals surface area contributed by atoms with E-state index in [1.807, 2.05) is 6.20 Å². The van der Waals surface area contributed by atoms with Gasteiger partial charge in [-0.15, -0.1) is 0 Å². The molecule has 0 radical (unpaired) electrons. The van der Waals surface area contributed by atoms with Gasteiger partial charge in [-0.2, -0.15) is 0 Å². The molecule has 16 heavy (non-hydrogen) atoms. The van der Waals surface area contributed by atoms with E-state index in [0.717, 1.165) is 12.2 Å². The van der Waals surface area contributed by atoms with Crippen molar-refractivity contribution in [3.8, 4) is 0 Å². The number of nitrogens with one attached hydrogen (secondary N) is 1. The molecule has 2 unspecified atom stereocenters. The fourth-order valence-corrected chi connectivity index (χ4v) is 1.94. The number of aromatic nitrogens is 1. The lowest BCUT2D eigenvalue weighted by Gasteiger charge is -2.25. The van der Waals surface area contributed by atoms with E-state index >= 15 is 0 Å². The number of hydrogen-bond acceptors (Lipinski definition) is 2. The van der Waals surface area contributed by atoms with Crippen molar-refractivity contribution < 1.29 is 0 Å². The van der Waals surface area contributed by atoms with Crippen LogP contribution in [-0.2, 0) is 0 Å². The van der Waals surface area contributed by atoms with Crippen molar-refractivity contribution in [3.63, 3.8) is 0 Å². The lowest BCUT2D eigenvalue weighted by molar-refractivity contribution is 0.377. The van der Waals surface area contributed by atoms with Crippen LogP contribution < -0.4 is 5.32 Å². The van der Waals surface area contributed by atoms with E-state index < -0.39 is 0 Å². The second-order valence-corrected chi connectivity index (χ2v) is 4.55. The molecule has 0 fully saturated rings. The molecule has 1 rings (SSSR count). The molecule has 0 amide bonds. The van der Waals surface area contributed by atoms with Crippen molar-refractivity contribution in [3.05, 3.63) is 29.6 Å². The largest absolute Gasteiger partial charge is 0.310 e. The van der Waals surface area contributed by atoms with Gasteiger partial charge in [0.1, 0.15) is 0 Å². The molecular formula is C14H24N2. The summed E-state index contributed by atoms with van der Waals surface area (Å²) in [6, 6.07) is 4.79. The molecule has 0 saturated heterocycles. The number of nitrogens with zero attached hydrogens (tertiary/aromatic N) is 1. The van der Waals surface area contributed by atoms with Gasteiger partial charge in [-0.25, -0.2) is 0 Å². The molecule has 1 N–H and O–H groups in total. The highest BCUT2D eigenvalue weighted by Gasteiger charge is 2.16. The average Bonchev–Trinajstić information content (AvgIpc) is 2.29. The van der Waals surface area contributed by atoms with Crippen molar-refractivity contribution in [2.24, 2.45) is 5.92 Å². The second-order valence-electron chi connectivity index (χ2n) is 4.55. The van der Waals surface area contributed by atoms with Crippen LogP contribution in [0.1, 0.15) is 50.9 Å². The minimum Gasteiger partial charge on any atom is -0.310 e. The van der Waals surface area contributed by atoms with E-state index in [4.69, 9.17) is 0 Å². The van der Waals surface area contributed by atoms with Gasteiger partial charge in [0.05, 0.1) is 0 Å². The first-order valence-electron chi connectivity index (χ1n) is 6.35. The number of pyridine rings is 1. The summed E-state index contributed by atoms with van der Waals surface area (Å²) in [5.41, 5.74) is 2.47. The highest BCUT2D eigenvalue weighted by Crippen LogP contribution is 2.24. The molecule has 0 saturated carbocycles. The fourth-order valence-electron chi connectivity index (χ4n) is 1.94. The van der Waals surface area contributed by atoms with Gasteiger partial charge < -0.3 is 5.32 Å². The van der Waals surface area contributed by atoms with Crippen LogP contribution in [0.15, 0.2) is 18.3 Å². The van der Waals surface area contributed by atoms with Gasteiger partial charge in [0.15, 0.2) is 0 Å². The van der Waals surface area contributed by atoms with E-state index in [-0.39, 0.29) is 0 Å². The molecular weight excluding hydrogens is 196 g/mol.